The Balaban J connectivity index is 1.51. The van der Waals surface area contributed by atoms with Gasteiger partial charge in [-0.1, -0.05) is 30.0 Å². The number of hydrogen-bond donors (Lipinski definition) is 1. The van der Waals surface area contributed by atoms with Gasteiger partial charge in [0.1, 0.15) is 17.6 Å². The SMILES string of the molecule is COc1cccc([C@H](NC(=O)CSc2nccn2-c2cc(C)cc(C)c2)c2nccn2C)c1. The van der Waals surface area contributed by atoms with Crippen molar-refractivity contribution in [2.24, 2.45) is 7.05 Å². The fourth-order valence-corrected chi connectivity index (χ4v) is 4.57. The lowest BCUT2D eigenvalue weighted by Crippen LogP contribution is -2.32. The standard InChI is InChI=1S/C25H27N5O2S/c1-17-12-18(2)14-20(13-17)30-11-9-27-25(30)33-16-22(31)28-23(24-26-8-10-29(24)3)19-6-5-7-21(15-19)32-4/h5-15,23H,16H2,1-4H3,(H,28,31)/t23-/m0/s1. The van der Waals surface area contributed by atoms with E-state index in [1.54, 1.807) is 19.5 Å². The van der Waals surface area contributed by atoms with E-state index in [4.69, 9.17) is 4.74 Å². The van der Waals surface area contributed by atoms with E-state index in [0.29, 0.717) is 0 Å². The molecule has 2 aromatic heterocycles. The predicted octanol–water partition coefficient (Wildman–Crippen LogP) is 4.23. The topological polar surface area (TPSA) is 74.0 Å². The molecular formula is C25H27N5O2S. The fraction of sp³-hybridized carbons (Fsp3) is 0.240. The van der Waals surface area contributed by atoms with E-state index in [1.807, 2.05) is 52.8 Å². The number of carbonyl (C=O) groups is 1. The van der Waals surface area contributed by atoms with Crippen molar-refractivity contribution in [1.29, 1.82) is 0 Å². The van der Waals surface area contributed by atoms with Crippen LogP contribution in [0.1, 0.15) is 28.6 Å². The summed E-state index contributed by atoms with van der Waals surface area (Å²) < 4.78 is 9.29. The highest BCUT2D eigenvalue weighted by Crippen LogP contribution is 2.26. The van der Waals surface area contributed by atoms with E-state index in [2.05, 4.69) is 47.3 Å². The molecule has 1 N–H and O–H groups in total. The summed E-state index contributed by atoms with van der Waals surface area (Å²) in [5.74, 6) is 1.60. The lowest BCUT2D eigenvalue weighted by molar-refractivity contribution is -0.119. The Morgan fingerprint density at radius 1 is 1.09 bits per heavy atom. The van der Waals surface area contributed by atoms with Crippen LogP contribution in [0.15, 0.2) is 72.4 Å². The second kappa shape index (κ2) is 9.95. The van der Waals surface area contributed by atoms with Crippen molar-refractivity contribution in [3.63, 3.8) is 0 Å². The number of amides is 1. The number of imidazole rings is 2. The van der Waals surface area contributed by atoms with Gasteiger partial charge in [0.15, 0.2) is 5.16 Å². The third-order valence-corrected chi connectivity index (χ3v) is 6.24. The van der Waals surface area contributed by atoms with Crippen LogP contribution in [-0.2, 0) is 11.8 Å². The second-order valence-corrected chi connectivity index (χ2v) is 8.83. The Morgan fingerprint density at radius 2 is 1.85 bits per heavy atom. The number of rotatable bonds is 8. The van der Waals surface area contributed by atoms with Gasteiger partial charge in [-0.25, -0.2) is 9.97 Å². The molecule has 0 radical (unpaired) electrons. The zero-order valence-electron chi connectivity index (χ0n) is 19.1. The van der Waals surface area contributed by atoms with Gasteiger partial charge < -0.3 is 14.6 Å². The molecule has 1 amide bonds. The molecule has 33 heavy (non-hydrogen) atoms. The quantitative estimate of drug-likeness (QED) is 0.398. The summed E-state index contributed by atoms with van der Waals surface area (Å²) in [7, 11) is 3.54. The van der Waals surface area contributed by atoms with Gasteiger partial charge in [-0.3, -0.25) is 9.36 Å². The van der Waals surface area contributed by atoms with Gasteiger partial charge in [0, 0.05) is 37.5 Å². The number of thioether (sulfide) groups is 1. The zero-order valence-corrected chi connectivity index (χ0v) is 20.0. The maximum Gasteiger partial charge on any atom is 0.231 e. The fourth-order valence-electron chi connectivity index (χ4n) is 3.79. The number of nitrogens with one attached hydrogen (secondary N) is 1. The van der Waals surface area contributed by atoms with Crippen LogP contribution in [0.4, 0.5) is 0 Å². The molecule has 0 aliphatic carbocycles. The lowest BCUT2D eigenvalue weighted by Gasteiger charge is -2.19. The highest BCUT2D eigenvalue weighted by molar-refractivity contribution is 7.99. The average Bonchev–Trinajstić information content (AvgIpc) is 3.44. The molecule has 0 aliphatic heterocycles. The molecule has 2 heterocycles. The molecule has 4 rings (SSSR count). The maximum atomic E-state index is 13.0. The van der Waals surface area contributed by atoms with Crippen molar-refractivity contribution >= 4 is 17.7 Å². The second-order valence-electron chi connectivity index (χ2n) is 7.89. The van der Waals surface area contributed by atoms with Crippen LogP contribution in [-0.4, -0.2) is 37.9 Å². The van der Waals surface area contributed by atoms with Gasteiger partial charge in [0.25, 0.3) is 0 Å². The molecule has 2 aromatic carbocycles. The summed E-state index contributed by atoms with van der Waals surface area (Å²) in [4.78, 5) is 21.9. The Hall–Kier alpha value is -3.52. The molecule has 0 saturated carbocycles. The monoisotopic (exact) mass is 461 g/mol. The van der Waals surface area contributed by atoms with E-state index in [1.165, 1.54) is 22.9 Å². The predicted molar refractivity (Wildman–Crippen MR) is 130 cm³/mol. The molecule has 0 saturated heterocycles. The van der Waals surface area contributed by atoms with Crippen LogP contribution in [0.2, 0.25) is 0 Å². The van der Waals surface area contributed by atoms with E-state index in [-0.39, 0.29) is 11.7 Å². The number of aromatic nitrogens is 4. The highest BCUT2D eigenvalue weighted by Gasteiger charge is 2.22. The van der Waals surface area contributed by atoms with Crippen molar-refractivity contribution in [2.45, 2.75) is 25.0 Å². The van der Waals surface area contributed by atoms with Crippen molar-refractivity contribution < 1.29 is 9.53 Å². The number of aryl methyl sites for hydroxylation is 3. The molecule has 0 bridgehead atoms. The van der Waals surface area contributed by atoms with Crippen LogP contribution in [0, 0.1) is 13.8 Å². The molecule has 8 heteroatoms. The Labute approximate surface area is 197 Å². The Morgan fingerprint density at radius 3 is 2.55 bits per heavy atom. The molecule has 1 atom stereocenters. The number of carbonyl (C=O) groups excluding carboxylic acids is 1. The normalized spacial score (nSPS) is 11.9. The Kier molecular flexibility index (Phi) is 6.84. The van der Waals surface area contributed by atoms with Gasteiger partial charge in [-0.15, -0.1) is 0 Å². The van der Waals surface area contributed by atoms with Gasteiger partial charge in [-0.2, -0.15) is 0 Å². The third kappa shape index (κ3) is 5.28. The van der Waals surface area contributed by atoms with E-state index in [0.717, 1.165) is 28.0 Å². The Bertz CT molecular complexity index is 1240. The average molecular weight is 462 g/mol. The van der Waals surface area contributed by atoms with Crippen LogP contribution in [0.25, 0.3) is 5.69 Å². The summed E-state index contributed by atoms with van der Waals surface area (Å²) in [6.45, 7) is 4.15. The summed E-state index contributed by atoms with van der Waals surface area (Å²) in [5, 5.41) is 3.90. The van der Waals surface area contributed by atoms with Crippen molar-refractivity contribution in [3.8, 4) is 11.4 Å². The first kappa shape index (κ1) is 22.7. The largest absolute Gasteiger partial charge is 0.497 e. The molecule has 0 fully saturated rings. The minimum Gasteiger partial charge on any atom is -0.497 e. The molecule has 4 aromatic rings. The van der Waals surface area contributed by atoms with Crippen molar-refractivity contribution in [2.75, 3.05) is 12.9 Å². The minimum atomic E-state index is -0.396. The first-order valence-electron chi connectivity index (χ1n) is 10.6. The first-order chi connectivity index (χ1) is 15.9. The van der Waals surface area contributed by atoms with Gasteiger partial charge in [-0.05, 0) is 54.8 Å². The van der Waals surface area contributed by atoms with Crippen LogP contribution in [0.3, 0.4) is 0 Å². The van der Waals surface area contributed by atoms with Gasteiger partial charge in [0.05, 0.1) is 12.9 Å². The summed E-state index contributed by atoms with van der Waals surface area (Å²) >= 11 is 1.40. The highest BCUT2D eigenvalue weighted by atomic mass is 32.2. The maximum absolute atomic E-state index is 13.0. The summed E-state index contributed by atoms with van der Waals surface area (Å²) in [5.41, 5.74) is 4.31. The van der Waals surface area contributed by atoms with Gasteiger partial charge in [0.2, 0.25) is 5.91 Å². The summed E-state index contributed by atoms with van der Waals surface area (Å²) in [6.07, 6.45) is 7.26. The smallest absolute Gasteiger partial charge is 0.231 e. The minimum absolute atomic E-state index is 0.106. The van der Waals surface area contributed by atoms with Crippen LogP contribution < -0.4 is 10.1 Å². The molecule has 7 nitrogen and oxygen atoms in total. The number of nitrogens with zero attached hydrogens (tertiary/aromatic N) is 4. The van der Waals surface area contributed by atoms with E-state index < -0.39 is 6.04 Å². The van der Waals surface area contributed by atoms with E-state index in [9.17, 15) is 4.79 Å². The lowest BCUT2D eigenvalue weighted by atomic mass is 10.1. The number of ether oxygens (including phenoxy) is 1. The molecule has 0 spiro atoms. The molecule has 170 valence electrons. The van der Waals surface area contributed by atoms with E-state index >= 15 is 0 Å². The van der Waals surface area contributed by atoms with Crippen molar-refractivity contribution in [1.82, 2.24) is 24.4 Å². The number of benzene rings is 2. The zero-order chi connectivity index (χ0) is 23.4. The third-order valence-electron chi connectivity index (χ3n) is 5.27. The molecule has 0 aliphatic rings. The number of hydrogen-bond acceptors (Lipinski definition) is 5. The van der Waals surface area contributed by atoms with Crippen LogP contribution >= 0.6 is 11.8 Å². The van der Waals surface area contributed by atoms with Crippen molar-refractivity contribution in [3.05, 3.63) is 89.8 Å². The first-order valence-corrected chi connectivity index (χ1v) is 11.6. The van der Waals surface area contributed by atoms with Gasteiger partial charge >= 0.3 is 0 Å². The number of methoxy groups -OCH3 is 1. The van der Waals surface area contributed by atoms with Crippen LogP contribution in [0.5, 0.6) is 5.75 Å². The molecular weight excluding hydrogens is 434 g/mol. The molecule has 0 unspecified atom stereocenters. The summed E-state index contributed by atoms with van der Waals surface area (Å²) in [6, 6.07) is 13.6.